The number of unbranched alkanes of at least 4 members (excludes halogenated alkanes) is 1. The second-order valence-electron chi connectivity index (χ2n) is 3.36. The minimum atomic E-state index is -0.600. The molecule has 1 rings (SSSR count). The van der Waals surface area contributed by atoms with Crippen molar-refractivity contribution in [3.8, 4) is 5.75 Å². The van der Waals surface area contributed by atoms with E-state index in [1.165, 1.54) is 12.1 Å². The van der Waals surface area contributed by atoms with Gasteiger partial charge in [0.2, 0.25) is 0 Å². The fourth-order valence-corrected chi connectivity index (χ4v) is 1.95. The summed E-state index contributed by atoms with van der Waals surface area (Å²) in [6.07, 6.45) is 1.97. The summed E-state index contributed by atoms with van der Waals surface area (Å²) in [4.78, 5) is 0. The Bertz CT molecular complexity index is 298. The molecule has 0 unspecified atom stereocenters. The van der Waals surface area contributed by atoms with Gasteiger partial charge in [-0.3, -0.25) is 0 Å². The summed E-state index contributed by atoms with van der Waals surface area (Å²) in [7, 11) is 0. The van der Waals surface area contributed by atoms with Crippen LogP contribution in [0.2, 0.25) is 0 Å². The van der Waals surface area contributed by atoms with E-state index in [1.54, 1.807) is 0 Å². The van der Waals surface area contributed by atoms with Crippen LogP contribution in [0, 0.1) is 11.6 Å². The molecule has 0 fully saturated rings. The van der Waals surface area contributed by atoms with Gasteiger partial charge in [-0.15, -0.1) is 0 Å². The fraction of sp³-hybridized carbons (Fsp3) is 0.500. The van der Waals surface area contributed by atoms with Crippen LogP contribution in [0.5, 0.6) is 5.75 Å². The van der Waals surface area contributed by atoms with Crippen LogP contribution in [0.25, 0.3) is 0 Å². The number of hydrogen-bond acceptors (Lipinski definition) is 2. The zero-order valence-electron chi connectivity index (χ0n) is 9.34. The van der Waals surface area contributed by atoms with Gasteiger partial charge in [0.1, 0.15) is 17.4 Å². The van der Waals surface area contributed by atoms with E-state index in [2.05, 4.69) is 6.92 Å². The molecule has 1 aromatic carbocycles. The Kier molecular flexibility index (Phi) is 6.23. The smallest absolute Gasteiger partial charge is 0.129 e. The molecule has 0 atom stereocenters. The van der Waals surface area contributed by atoms with Gasteiger partial charge in [-0.1, -0.05) is 6.92 Å². The van der Waals surface area contributed by atoms with Crippen molar-refractivity contribution in [2.24, 2.45) is 0 Å². The average Bonchev–Trinajstić information content (AvgIpc) is 2.22. The number of benzene rings is 1. The van der Waals surface area contributed by atoms with Gasteiger partial charge in [0, 0.05) is 18.2 Å². The van der Waals surface area contributed by atoms with Crippen molar-refractivity contribution < 1.29 is 13.5 Å². The molecular weight excluding hydrogens is 230 g/mol. The van der Waals surface area contributed by atoms with Crippen LogP contribution in [0.3, 0.4) is 0 Å². The molecule has 0 saturated heterocycles. The Morgan fingerprint density at radius 2 is 1.81 bits per heavy atom. The minimum Gasteiger partial charge on any atom is -0.493 e. The molecule has 1 nitrogen and oxygen atoms in total. The zero-order chi connectivity index (χ0) is 11.8. The van der Waals surface area contributed by atoms with Crippen molar-refractivity contribution in [3.63, 3.8) is 0 Å². The van der Waals surface area contributed by atoms with Crippen molar-refractivity contribution in [2.45, 2.75) is 19.8 Å². The van der Waals surface area contributed by atoms with Crippen molar-refractivity contribution in [3.05, 3.63) is 29.8 Å². The van der Waals surface area contributed by atoms with Crippen molar-refractivity contribution in [2.75, 3.05) is 18.1 Å². The van der Waals surface area contributed by atoms with E-state index in [4.69, 9.17) is 4.74 Å². The van der Waals surface area contributed by atoms with Crippen molar-refractivity contribution in [1.82, 2.24) is 0 Å². The van der Waals surface area contributed by atoms with Crippen molar-refractivity contribution >= 4 is 11.8 Å². The lowest BCUT2D eigenvalue weighted by atomic mass is 10.3. The predicted molar refractivity (Wildman–Crippen MR) is 64.1 cm³/mol. The molecule has 4 heteroatoms. The first-order valence-corrected chi connectivity index (χ1v) is 6.54. The van der Waals surface area contributed by atoms with Gasteiger partial charge in [-0.2, -0.15) is 11.8 Å². The lowest BCUT2D eigenvalue weighted by Crippen LogP contribution is -1.99. The summed E-state index contributed by atoms with van der Waals surface area (Å²) in [5.74, 6) is 1.29. The van der Waals surface area contributed by atoms with Crippen LogP contribution in [-0.2, 0) is 0 Å². The highest BCUT2D eigenvalue weighted by Crippen LogP contribution is 2.15. The highest BCUT2D eigenvalue weighted by molar-refractivity contribution is 7.99. The highest BCUT2D eigenvalue weighted by Gasteiger charge is 2.00. The van der Waals surface area contributed by atoms with E-state index in [-0.39, 0.29) is 5.75 Å². The summed E-state index contributed by atoms with van der Waals surface area (Å²) < 4.78 is 30.8. The predicted octanol–water partition coefficient (Wildman–Crippen LogP) is 3.88. The number of hydrogen-bond donors (Lipinski definition) is 0. The molecule has 0 heterocycles. The normalized spacial score (nSPS) is 10.4. The Labute approximate surface area is 99.2 Å². The van der Waals surface area contributed by atoms with Gasteiger partial charge in [-0.25, -0.2) is 8.78 Å². The Balaban J connectivity index is 2.21. The Morgan fingerprint density at radius 1 is 1.12 bits per heavy atom. The fourth-order valence-electron chi connectivity index (χ4n) is 1.25. The summed E-state index contributed by atoms with van der Waals surface area (Å²) in [5, 5.41) is 0. The van der Waals surface area contributed by atoms with Gasteiger partial charge in [0.05, 0.1) is 6.61 Å². The summed E-state index contributed by atoms with van der Waals surface area (Å²) in [6.45, 7) is 2.63. The maximum Gasteiger partial charge on any atom is 0.129 e. The van der Waals surface area contributed by atoms with Crippen LogP contribution in [-0.4, -0.2) is 18.1 Å². The average molecular weight is 246 g/mol. The Morgan fingerprint density at radius 3 is 2.44 bits per heavy atom. The molecule has 0 aliphatic rings. The number of ether oxygens (including phenoxy) is 1. The van der Waals surface area contributed by atoms with E-state index < -0.39 is 11.6 Å². The third-order valence-corrected chi connectivity index (χ3v) is 2.98. The van der Waals surface area contributed by atoms with E-state index in [1.807, 2.05) is 11.8 Å². The quantitative estimate of drug-likeness (QED) is 0.675. The molecule has 0 saturated carbocycles. The third kappa shape index (κ3) is 5.35. The molecule has 90 valence electrons. The lowest BCUT2D eigenvalue weighted by molar-refractivity contribution is 0.306. The molecule has 0 spiro atoms. The first-order valence-electron chi connectivity index (χ1n) is 5.39. The molecule has 0 bridgehead atoms. The largest absolute Gasteiger partial charge is 0.493 e. The first kappa shape index (κ1) is 13.3. The highest BCUT2D eigenvalue weighted by atomic mass is 32.2. The lowest BCUT2D eigenvalue weighted by Gasteiger charge is -2.06. The molecule has 0 radical (unpaired) electrons. The summed E-state index contributed by atoms with van der Waals surface area (Å²) >= 11 is 1.88. The molecule has 1 aromatic rings. The Hall–Kier alpha value is -0.770. The van der Waals surface area contributed by atoms with Gasteiger partial charge in [-0.05, 0) is 24.3 Å². The molecule has 0 aliphatic carbocycles. The van der Waals surface area contributed by atoms with Crippen LogP contribution in [0.1, 0.15) is 19.8 Å². The zero-order valence-corrected chi connectivity index (χ0v) is 10.2. The van der Waals surface area contributed by atoms with Crippen LogP contribution >= 0.6 is 11.8 Å². The minimum absolute atomic E-state index is 0.264. The van der Waals surface area contributed by atoms with Crippen LogP contribution in [0.15, 0.2) is 18.2 Å². The molecule has 16 heavy (non-hydrogen) atoms. The molecule has 0 N–H and O–H groups in total. The van der Waals surface area contributed by atoms with E-state index in [0.29, 0.717) is 6.61 Å². The standard InChI is InChI=1S/C12H16F2OS/c1-2-16-6-4-3-5-15-12-8-10(13)7-11(14)9-12/h7-9H,2-6H2,1H3. The molecular formula is C12H16F2OS. The third-order valence-electron chi connectivity index (χ3n) is 1.99. The number of rotatable bonds is 7. The summed E-state index contributed by atoms with van der Waals surface area (Å²) in [5.41, 5.74) is 0. The molecule has 0 aliphatic heterocycles. The van der Waals surface area contributed by atoms with E-state index in [0.717, 1.165) is 30.4 Å². The van der Waals surface area contributed by atoms with E-state index >= 15 is 0 Å². The number of halogens is 2. The number of thioether (sulfide) groups is 1. The summed E-state index contributed by atoms with van der Waals surface area (Å²) in [6, 6.07) is 3.23. The van der Waals surface area contributed by atoms with E-state index in [9.17, 15) is 8.78 Å². The molecule has 0 aromatic heterocycles. The second kappa shape index (κ2) is 7.49. The SMILES string of the molecule is CCSCCCCOc1cc(F)cc(F)c1. The topological polar surface area (TPSA) is 9.23 Å². The van der Waals surface area contributed by atoms with Crippen molar-refractivity contribution in [1.29, 1.82) is 0 Å². The van der Waals surface area contributed by atoms with Gasteiger partial charge in [0.15, 0.2) is 0 Å². The van der Waals surface area contributed by atoms with Gasteiger partial charge < -0.3 is 4.74 Å². The monoisotopic (exact) mass is 246 g/mol. The van der Waals surface area contributed by atoms with Gasteiger partial charge >= 0.3 is 0 Å². The first-order chi connectivity index (χ1) is 7.72. The molecule has 0 amide bonds. The van der Waals surface area contributed by atoms with Crippen LogP contribution < -0.4 is 4.74 Å². The maximum atomic E-state index is 12.8. The van der Waals surface area contributed by atoms with Crippen LogP contribution in [0.4, 0.5) is 8.78 Å². The van der Waals surface area contributed by atoms with Gasteiger partial charge in [0.25, 0.3) is 0 Å². The second-order valence-corrected chi connectivity index (χ2v) is 4.75. The maximum absolute atomic E-state index is 12.8.